The Morgan fingerprint density at radius 3 is 2.75 bits per heavy atom. The number of hydrogen-bond donors (Lipinski definition) is 3. The number of nitrogens with zero attached hydrogens (tertiary/aromatic N) is 2. The SMILES string of the molecule is CN=C(NCC(=O)NCc1ccco1)NC1CC(C)N(Cc2ccccc2)C1. The van der Waals surface area contributed by atoms with Crippen molar-refractivity contribution >= 4 is 11.9 Å². The largest absolute Gasteiger partial charge is 0.467 e. The molecule has 28 heavy (non-hydrogen) atoms. The van der Waals surface area contributed by atoms with Crippen molar-refractivity contribution in [1.29, 1.82) is 0 Å². The maximum Gasteiger partial charge on any atom is 0.239 e. The molecule has 1 aliphatic heterocycles. The second-order valence-corrected chi connectivity index (χ2v) is 7.12. The average Bonchev–Trinajstić information content (AvgIpc) is 3.34. The molecule has 7 heteroatoms. The third-order valence-corrected chi connectivity index (χ3v) is 4.95. The molecular weight excluding hydrogens is 354 g/mol. The van der Waals surface area contributed by atoms with Crippen LogP contribution in [0.4, 0.5) is 0 Å². The summed E-state index contributed by atoms with van der Waals surface area (Å²) in [6, 6.07) is 14.9. The molecule has 1 aromatic carbocycles. The van der Waals surface area contributed by atoms with Gasteiger partial charge in [0.1, 0.15) is 5.76 Å². The highest BCUT2D eigenvalue weighted by molar-refractivity contribution is 5.86. The van der Waals surface area contributed by atoms with Crippen molar-refractivity contribution in [2.75, 3.05) is 20.1 Å². The first-order valence-electron chi connectivity index (χ1n) is 9.68. The predicted octanol–water partition coefficient (Wildman–Crippen LogP) is 1.72. The fraction of sp³-hybridized carbons (Fsp3) is 0.429. The number of carbonyl (C=O) groups excluding carboxylic acids is 1. The molecule has 0 aliphatic carbocycles. The van der Waals surface area contributed by atoms with Gasteiger partial charge in [0.2, 0.25) is 5.91 Å². The third-order valence-electron chi connectivity index (χ3n) is 4.95. The molecule has 0 spiro atoms. The minimum absolute atomic E-state index is 0.107. The lowest BCUT2D eigenvalue weighted by Crippen LogP contribution is -2.47. The van der Waals surface area contributed by atoms with E-state index in [4.69, 9.17) is 4.42 Å². The Hall–Kier alpha value is -2.80. The van der Waals surface area contributed by atoms with E-state index in [1.165, 1.54) is 5.56 Å². The van der Waals surface area contributed by atoms with E-state index in [-0.39, 0.29) is 12.5 Å². The first kappa shape index (κ1) is 19.9. The summed E-state index contributed by atoms with van der Waals surface area (Å²) in [4.78, 5) is 18.7. The van der Waals surface area contributed by atoms with Gasteiger partial charge in [0.15, 0.2) is 5.96 Å². The third kappa shape index (κ3) is 5.85. The van der Waals surface area contributed by atoms with E-state index in [0.29, 0.717) is 24.6 Å². The summed E-state index contributed by atoms with van der Waals surface area (Å²) < 4.78 is 5.21. The molecule has 1 fully saturated rings. The summed E-state index contributed by atoms with van der Waals surface area (Å²) in [5, 5.41) is 9.33. The number of guanidine groups is 1. The highest BCUT2D eigenvalue weighted by Gasteiger charge is 2.29. The Kier molecular flexibility index (Phi) is 7.08. The molecule has 3 N–H and O–H groups in total. The number of benzene rings is 1. The smallest absolute Gasteiger partial charge is 0.239 e. The van der Waals surface area contributed by atoms with Crippen molar-refractivity contribution in [3.63, 3.8) is 0 Å². The number of rotatable bonds is 7. The van der Waals surface area contributed by atoms with Gasteiger partial charge in [-0.3, -0.25) is 14.7 Å². The second-order valence-electron chi connectivity index (χ2n) is 7.12. The standard InChI is InChI=1S/C21H29N5O2/c1-16-11-18(15-26(16)14-17-7-4-3-5-8-17)25-21(22-2)24-13-20(27)23-12-19-9-6-10-28-19/h3-10,16,18H,11-15H2,1-2H3,(H,23,27)(H2,22,24,25). The normalized spacial score (nSPS) is 20.1. The molecule has 3 rings (SSSR count). The van der Waals surface area contributed by atoms with Gasteiger partial charge in [-0.15, -0.1) is 0 Å². The molecule has 2 aromatic rings. The van der Waals surface area contributed by atoms with Crippen LogP contribution in [0, 0.1) is 0 Å². The number of carbonyl (C=O) groups is 1. The van der Waals surface area contributed by atoms with Crippen LogP contribution in [-0.2, 0) is 17.9 Å². The van der Waals surface area contributed by atoms with Crippen LogP contribution in [0.2, 0.25) is 0 Å². The molecule has 1 saturated heterocycles. The van der Waals surface area contributed by atoms with Crippen LogP contribution in [0.25, 0.3) is 0 Å². The van der Waals surface area contributed by atoms with Crippen molar-refractivity contribution in [3.8, 4) is 0 Å². The van der Waals surface area contributed by atoms with Gasteiger partial charge in [0.05, 0.1) is 19.4 Å². The summed E-state index contributed by atoms with van der Waals surface area (Å²) >= 11 is 0. The Bertz CT molecular complexity index is 760. The lowest BCUT2D eigenvalue weighted by atomic mass is 10.2. The van der Waals surface area contributed by atoms with Crippen molar-refractivity contribution in [2.24, 2.45) is 4.99 Å². The lowest BCUT2D eigenvalue weighted by Gasteiger charge is -2.21. The van der Waals surface area contributed by atoms with E-state index < -0.39 is 0 Å². The molecule has 7 nitrogen and oxygen atoms in total. The molecule has 1 amide bonds. The molecule has 150 valence electrons. The Morgan fingerprint density at radius 2 is 2.04 bits per heavy atom. The van der Waals surface area contributed by atoms with Gasteiger partial charge >= 0.3 is 0 Å². The zero-order chi connectivity index (χ0) is 19.8. The summed E-state index contributed by atoms with van der Waals surface area (Å²) in [6.07, 6.45) is 2.63. The molecular formula is C21H29N5O2. The molecule has 0 bridgehead atoms. The molecule has 2 unspecified atom stereocenters. The first-order chi connectivity index (χ1) is 13.6. The number of aliphatic imine (C=N–C) groups is 1. The van der Waals surface area contributed by atoms with Crippen LogP contribution < -0.4 is 16.0 Å². The number of nitrogens with one attached hydrogen (secondary N) is 3. The Morgan fingerprint density at radius 1 is 1.21 bits per heavy atom. The van der Waals surface area contributed by atoms with Gasteiger partial charge in [-0.25, -0.2) is 0 Å². The molecule has 0 radical (unpaired) electrons. The van der Waals surface area contributed by atoms with Crippen molar-refractivity contribution in [1.82, 2.24) is 20.9 Å². The van der Waals surface area contributed by atoms with E-state index in [0.717, 1.165) is 25.3 Å². The molecule has 2 atom stereocenters. The van der Waals surface area contributed by atoms with Crippen molar-refractivity contribution < 1.29 is 9.21 Å². The van der Waals surface area contributed by atoms with E-state index in [2.05, 4.69) is 57.0 Å². The highest BCUT2D eigenvalue weighted by atomic mass is 16.3. The van der Waals surface area contributed by atoms with Crippen LogP contribution in [0.1, 0.15) is 24.7 Å². The first-order valence-corrected chi connectivity index (χ1v) is 9.68. The van der Waals surface area contributed by atoms with Crippen molar-refractivity contribution in [3.05, 3.63) is 60.1 Å². The van der Waals surface area contributed by atoms with Crippen LogP contribution >= 0.6 is 0 Å². The minimum Gasteiger partial charge on any atom is -0.467 e. The predicted molar refractivity (Wildman–Crippen MR) is 110 cm³/mol. The average molecular weight is 383 g/mol. The van der Waals surface area contributed by atoms with E-state index in [1.54, 1.807) is 19.4 Å². The van der Waals surface area contributed by atoms with E-state index >= 15 is 0 Å². The van der Waals surface area contributed by atoms with Gasteiger partial charge in [0.25, 0.3) is 0 Å². The number of likely N-dealkylation sites (tertiary alicyclic amines) is 1. The van der Waals surface area contributed by atoms with Gasteiger partial charge in [-0.2, -0.15) is 0 Å². The Balaban J connectivity index is 1.41. The van der Waals surface area contributed by atoms with Crippen molar-refractivity contribution in [2.45, 2.75) is 38.5 Å². The molecule has 0 saturated carbocycles. The van der Waals surface area contributed by atoms with Gasteiger partial charge in [0, 0.05) is 32.2 Å². The van der Waals surface area contributed by atoms with Gasteiger partial charge < -0.3 is 20.4 Å². The topological polar surface area (TPSA) is 81.9 Å². The minimum atomic E-state index is -0.107. The molecule has 2 heterocycles. The highest BCUT2D eigenvalue weighted by Crippen LogP contribution is 2.20. The fourth-order valence-electron chi connectivity index (χ4n) is 3.45. The van der Waals surface area contributed by atoms with E-state index in [1.807, 2.05) is 12.1 Å². The van der Waals surface area contributed by atoms with Gasteiger partial charge in [-0.1, -0.05) is 30.3 Å². The number of furan rings is 1. The van der Waals surface area contributed by atoms with E-state index in [9.17, 15) is 4.79 Å². The summed E-state index contributed by atoms with van der Waals surface area (Å²) in [7, 11) is 1.72. The maximum absolute atomic E-state index is 12.0. The quantitative estimate of drug-likeness (QED) is 0.501. The second kappa shape index (κ2) is 9.94. The molecule has 1 aromatic heterocycles. The monoisotopic (exact) mass is 383 g/mol. The lowest BCUT2D eigenvalue weighted by molar-refractivity contribution is -0.120. The zero-order valence-electron chi connectivity index (χ0n) is 16.5. The number of hydrogen-bond acceptors (Lipinski definition) is 4. The summed E-state index contributed by atoms with van der Waals surface area (Å²) in [6.45, 7) is 4.69. The van der Waals surface area contributed by atoms with Gasteiger partial charge in [-0.05, 0) is 31.0 Å². The van der Waals surface area contributed by atoms with Crippen LogP contribution in [0.3, 0.4) is 0 Å². The van der Waals surface area contributed by atoms with Crippen LogP contribution in [0.5, 0.6) is 0 Å². The van der Waals surface area contributed by atoms with Crippen LogP contribution in [0.15, 0.2) is 58.1 Å². The summed E-state index contributed by atoms with van der Waals surface area (Å²) in [5.74, 6) is 1.27. The van der Waals surface area contributed by atoms with Crippen LogP contribution in [-0.4, -0.2) is 49.0 Å². The molecule has 1 aliphatic rings. The zero-order valence-corrected chi connectivity index (χ0v) is 16.5. The Labute approximate surface area is 166 Å². The maximum atomic E-state index is 12.0. The fourth-order valence-corrected chi connectivity index (χ4v) is 3.45. The summed E-state index contributed by atoms with van der Waals surface area (Å²) in [5.41, 5.74) is 1.32. The number of amides is 1.